The van der Waals surface area contributed by atoms with Crippen molar-refractivity contribution in [1.29, 1.82) is 0 Å². The van der Waals surface area contributed by atoms with E-state index in [-0.39, 0.29) is 5.41 Å². The Morgan fingerprint density at radius 1 is 1.15 bits per heavy atom. The summed E-state index contributed by atoms with van der Waals surface area (Å²) in [5, 5.41) is 9.21. The third-order valence-electron chi connectivity index (χ3n) is 4.37. The van der Waals surface area contributed by atoms with Crippen molar-refractivity contribution in [2.45, 2.75) is 54.9 Å². The molecule has 0 unspecified atom stereocenters. The van der Waals surface area contributed by atoms with Crippen LogP contribution in [0.25, 0.3) is 5.57 Å². The van der Waals surface area contributed by atoms with E-state index in [9.17, 15) is 9.90 Å². The molecule has 2 rings (SSSR count). The monoisotopic (exact) mass is 274 g/mol. The van der Waals surface area contributed by atoms with Crippen LogP contribution in [-0.2, 0) is 6.42 Å². The molecule has 2 heteroatoms. The smallest absolute Gasteiger partial charge is 0.335 e. The Kier molecular flexibility index (Phi) is 4.80. The van der Waals surface area contributed by atoms with Gasteiger partial charge in [-0.15, -0.1) is 0 Å². The maximum Gasteiger partial charge on any atom is 0.335 e. The van der Waals surface area contributed by atoms with Gasteiger partial charge in [0.05, 0.1) is 5.56 Å². The van der Waals surface area contributed by atoms with Crippen molar-refractivity contribution >= 4 is 11.5 Å². The molecule has 1 aliphatic carbocycles. The zero-order valence-corrected chi connectivity index (χ0v) is 13.7. The number of carboxylic acid groups (broad SMARTS) is 1. The van der Waals surface area contributed by atoms with Gasteiger partial charge in [-0.3, -0.25) is 0 Å². The van der Waals surface area contributed by atoms with Gasteiger partial charge in [0.15, 0.2) is 0 Å². The molecule has 110 valence electrons. The van der Waals surface area contributed by atoms with Crippen LogP contribution in [0, 0.1) is 12.3 Å². The number of aromatic carboxylic acids is 1. The summed E-state index contributed by atoms with van der Waals surface area (Å²) in [4.78, 5) is 11.2. The highest BCUT2D eigenvalue weighted by Crippen LogP contribution is 2.43. The van der Waals surface area contributed by atoms with Crippen LogP contribution in [0.15, 0.2) is 17.7 Å². The second kappa shape index (κ2) is 5.82. The molecule has 0 saturated carbocycles. The summed E-state index contributed by atoms with van der Waals surface area (Å²) >= 11 is 0. The lowest BCUT2D eigenvalue weighted by molar-refractivity contribution is 0.0696. The fourth-order valence-corrected chi connectivity index (χ4v) is 2.97. The van der Waals surface area contributed by atoms with Gasteiger partial charge in [-0.2, -0.15) is 0 Å². The molecule has 0 saturated heterocycles. The van der Waals surface area contributed by atoms with E-state index in [0.717, 1.165) is 17.5 Å². The fraction of sp³-hybridized carbons (Fsp3) is 0.500. The Balaban J connectivity index is 0.000000956. The van der Waals surface area contributed by atoms with Crippen molar-refractivity contribution < 1.29 is 9.90 Å². The van der Waals surface area contributed by atoms with Crippen LogP contribution >= 0.6 is 0 Å². The Morgan fingerprint density at radius 2 is 1.70 bits per heavy atom. The number of rotatable bonds is 1. The molecule has 1 aliphatic rings. The van der Waals surface area contributed by atoms with E-state index in [2.05, 4.69) is 27.7 Å². The van der Waals surface area contributed by atoms with Gasteiger partial charge < -0.3 is 5.11 Å². The van der Waals surface area contributed by atoms with Crippen LogP contribution in [0.3, 0.4) is 0 Å². The minimum atomic E-state index is -0.842. The molecule has 0 spiro atoms. The van der Waals surface area contributed by atoms with E-state index in [0.29, 0.717) is 5.56 Å². The molecular weight excluding hydrogens is 248 g/mol. The highest BCUT2D eigenvalue weighted by molar-refractivity contribution is 5.92. The molecule has 0 aromatic heterocycles. The average Bonchev–Trinajstić information content (AvgIpc) is 2.37. The second-order valence-electron chi connectivity index (χ2n) is 5.89. The maximum absolute atomic E-state index is 11.2. The predicted octanol–water partition coefficient (Wildman–Crippen LogP) is 5.10. The predicted molar refractivity (Wildman–Crippen MR) is 85.2 cm³/mol. The van der Waals surface area contributed by atoms with Crippen LogP contribution in [0.1, 0.15) is 68.6 Å². The molecule has 0 aliphatic heterocycles. The summed E-state index contributed by atoms with van der Waals surface area (Å²) in [6, 6.07) is 3.71. The molecule has 20 heavy (non-hydrogen) atoms. The molecule has 0 radical (unpaired) electrons. The first-order valence-corrected chi connectivity index (χ1v) is 7.30. The molecule has 0 bridgehead atoms. The van der Waals surface area contributed by atoms with Gasteiger partial charge in [-0.25, -0.2) is 4.79 Å². The van der Waals surface area contributed by atoms with E-state index in [4.69, 9.17) is 0 Å². The summed E-state index contributed by atoms with van der Waals surface area (Å²) in [5.41, 5.74) is 6.49. The first-order chi connectivity index (χ1) is 9.25. The van der Waals surface area contributed by atoms with Gasteiger partial charge in [0, 0.05) is 0 Å². The molecular formula is C18H26O2. The molecule has 2 nitrogen and oxygen atoms in total. The minimum absolute atomic E-state index is 0.161. The second-order valence-corrected chi connectivity index (χ2v) is 5.89. The highest BCUT2D eigenvalue weighted by Gasteiger charge is 2.30. The third-order valence-corrected chi connectivity index (χ3v) is 4.37. The van der Waals surface area contributed by atoms with Gasteiger partial charge in [0.1, 0.15) is 0 Å². The summed E-state index contributed by atoms with van der Waals surface area (Å²) in [6.07, 6.45) is 0.978. The third kappa shape index (κ3) is 2.65. The lowest BCUT2D eigenvalue weighted by atomic mass is 9.69. The van der Waals surface area contributed by atoms with Crippen molar-refractivity contribution in [3.8, 4) is 0 Å². The largest absolute Gasteiger partial charge is 0.478 e. The molecule has 1 aromatic carbocycles. The summed E-state index contributed by atoms with van der Waals surface area (Å²) < 4.78 is 0. The number of hydrogen-bond acceptors (Lipinski definition) is 1. The summed E-state index contributed by atoms with van der Waals surface area (Å²) in [5.74, 6) is -0.842. The Labute approximate surface area is 122 Å². The Bertz CT molecular complexity index is 563. The lowest BCUT2D eigenvalue weighted by Gasteiger charge is -2.35. The van der Waals surface area contributed by atoms with Crippen LogP contribution < -0.4 is 0 Å². The number of benzene rings is 1. The number of allylic oxidation sites excluding steroid dienone is 2. The van der Waals surface area contributed by atoms with Crippen LogP contribution in [0.4, 0.5) is 0 Å². The Morgan fingerprint density at radius 3 is 2.20 bits per heavy atom. The topological polar surface area (TPSA) is 37.3 Å². The average molecular weight is 274 g/mol. The molecule has 0 amide bonds. The molecule has 1 aromatic rings. The number of fused-ring (bicyclic) bond motifs is 1. The normalized spacial score (nSPS) is 16.1. The van der Waals surface area contributed by atoms with Crippen molar-refractivity contribution in [3.05, 3.63) is 40.0 Å². The SMILES string of the molecule is CC.CC1=C(C)C(C)(C)Cc2ccc(C(=O)O)c(C)c21. The van der Waals surface area contributed by atoms with Gasteiger partial charge in [0.2, 0.25) is 0 Å². The van der Waals surface area contributed by atoms with E-state index in [1.165, 1.54) is 16.7 Å². The van der Waals surface area contributed by atoms with Crippen molar-refractivity contribution in [3.63, 3.8) is 0 Å². The van der Waals surface area contributed by atoms with E-state index in [1.807, 2.05) is 26.8 Å². The Hall–Kier alpha value is -1.57. The molecule has 0 atom stereocenters. The number of carboxylic acids is 1. The van der Waals surface area contributed by atoms with E-state index >= 15 is 0 Å². The van der Waals surface area contributed by atoms with Gasteiger partial charge >= 0.3 is 5.97 Å². The van der Waals surface area contributed by atoms with Gasteiger partial charge in [-0.1, -0.05) is 39.3 Å². The first kappa shape index (κ1) is 16.5. The molecule has 0 fully saturated rings. The molecule has 1 N–H and O–H groups in total. The van der Waals surface area contributed by atoms with Crippen molar-refractivity contribution in [2.75, 3.05) is 0 Å². The highest BCUT2D eigenvalue weighted by atomic mass is 16.4. The van der Waals surface area contributed by atoms with Gasteiger partial charge in [0.25, 0.3) is 0 Å². The fourth-order valence-electron chi connectivity index (χ4n) is 2.97. The zero-order valence-electron chi connectivity index (χ0n) is 13.7. The summed E-state index contributed by atoms with van der Waals surface area (Å²) in [7, 11) is 0. The molecule has 0 heterocycles. The maximum atomic E-state index is 11.2. The summed E-state index contributed by atoms with van der Waals surface area (Å²) in [6.45, 7) is 14.7. The number of carbonyl (C=O) groups is 1. The van der Waals surface area contributed by atoms with Crippen LogP contribution in [-0.4, -0.2) is 11.1 Å². The van der Waals surface area contributed by atoms with E-state index in [1.54, 1.807) is 6.07 Å². The van der Waals surface area contributed by atoms with Crippen molar-refractivity contribution in [2.24, 2.45) is 5.41 Å². The first-order valence-electron chi connectivity index (χ1n) is 7.30. The van der Waals surface area contributed by atoms with Crippen LogP contribution in [0.2, 0.25) is 0 Å². The van der Waals surface area contributed by atoms with Crippen LogP contribution in [0.5, 0.6) is 0 Å². The minimum Gasteiger partial charge on any atom is -0.478 e. The lowest BCUT2D eigenvalue weighted by Crippen LogP contribution is -2.23. The zero-order chi connectivity index (χ0) is 15.7. The number of hydrogen-bond donors (Lipinski definition) is 1. The van der Waals surface area contributed by atoms with E-state index < -0.39 is 5.97 Å². The quantitative estimate of drug-likeness (QED) is 0.774. The standard InChI is InChI=1S/C16H20O2.C2H6/c1-9-11(3)16(4,5)8-12-6-7-13(15(17)18)10(2)14(9)12;1-2/h6-7H,8H2,1-5H3,(H,17,18);1-2H3. The van der Waals surface area contributed by atoms with Crippen molar-refractivity contribution in [1.82, 2.24) is 0 Å². The van der Waals surface area contributed by atoms with Gasteiger partial charge in [-0.05, 0) is 60.9 Å².